The second-order valence-corrected chi connectivity index (χ2v) is 6.50. The summed E-state index contributed by atoms with van der Waals surface area (Å²) in [6.07, 6.45) is 3.51. The van der Waals surface area contributed by atoms with Crippen LogP contribution in [0, 0.1) is 0 Å². The summed E-state index contributed by atoms with van der Waals surface area (Å²) in [5, 5.41) is 7.01. The molecule has 0 aliphatic carbocycles. The molecule has 0 saturated heterocycles. The highest BCUT2D eigenvalue weighted by Gasteiger charge is 2.01. The van der Waals surface area contributed by atoms with E-state index in [1.165, 1.54) is 18.4 Å². The van der Waals surface area contributed by atoms with Gasteiger partial charge in [-0.1, -0.05) is 25.5 Å². The highest BCUT2D eigenvalue weighted by Crippen LogP contribution is 2.14. The molecular weight excluding hydrogens is 364 g/mol. The molecule has 26 heavy (non-hydrogen) atoms. The molecule has 7 heteroatoms. The van der Waals surface area contributed by atoms with Gasteiger partial charge in [-0.05, 0) is 79.2 Å². The van der Waals surface area contributed by atoms with Gasteiger partial charge in [0.15, 0.2) is 10.2 Å². The predicted octanol–water partition coefficient (Wildman–Crippen LogP) is 4.23. The van der Waals surface area contributed by atoms with Crippen molar-refractivity contribution in [2.45, 2.75) is 26.2 Å². The van der Waals surface area contributed by atoms with Crippen molar-refractivity contribution in [3.8, 4) is 5.75 Å². The molecule has 5 nitrogen and oxygen atoms in total. The van der Waals surface area contributed by atoms with Crippen molar-refractivity contribution < 1.29 is 4.74 Å². The van der Waals surface area contributed by atoms with Gasteiger partial charge in [0.1, 0.15) is 5.75 Å². The Kier molecular flexibility index (Phi) is 8.11. The van der Waals surface area contributed by atoms with Gasteiger partial charge in [-0.25, -0.2) is 0 Å². The Balaban J connectivity index is 1.74. The quantitative estimate of drug-likeness (QED) is 0.436. The number of anilines is 2. The summed E-state index contributed by atoms with van der Waals surface area (Å²) in [4.78, 5) is 0. The van der Waals surface area contributed by atoms with Gasteiger partial charge >= 0.3 is 0 Å². The van der Waals surface area contributed by atoms with Gasteiger partial charge in [0.05, 0.1) is 7.11 Å². The molecule has 0 amide bonds. The van der Waals surface area contributed by atoms with Crippen LogP contribution in [-0.4, -0.2) is 17.3 Å². The summed E-state index contributed by atoms with van der Waals surface area (Å²) in [6, 6.07) is 15.7. The van der Waals surface area contributed by atoms with Crippen LogP contribution in [0.3, 0.4) is 0 Å². The number of ether oxygens (including phenoxy) is 1. The first-order chi connectivity index (χ1) is 12.6. The van der Waals surface area contributed by atoms with E-state index in [1.54, 1.807) is 7.11 Å². The van der Waals surface area contributed by atoms with Crippen LogP contribution in [0.5, 0.6) is 5.75 Å². The molecule has 2 rings (SSSR count). The van der Waals surface area contributed by atoms with E-state index in [2.05, 4.69) is 40.5 Å². The van der Waals surface area contributed by atoms with Gasteiger partial charge < -0.3 is 15.4 Å². The Labute approximate surface area is 165 Å². The molecule has 0 radical (unpaired) electrons. The lowest BCUT2D eigenvalue weighted by Gasteiger charge is -2.14. The number of hydrazine groups is 1. The van der Waals surface area contributed by atoms with Crippen molar-refractivity contribution in [2.24, 2.45) is 0 Å². The molecule has 0 unspecified atom stereocenters. The van der Waals surface area contributed by atoms with E-state index in [0.717, 1.165) is 23.5 Å². The first-order valence-electron chi connectivity index (χ1n) is 8.47. The SMILES string of the molecule is CCCCc1ccc(NC(=S)NNC(=S)Nc2ccc(OC)cc2)cc1. The predicted molar refractivity (Wildman–Crippen MR) is 117 cm³/mol. The zero-order valence-electron chi connectivity index (χ0n) is 15.0. The molecular formula is C19H24N4OS2. The van der Waals surface area contributed by atoms with Crippen molar-refractivity contribution >= 4 is 46.0 Å². The number of nitrogens with one attached hydrogen (secondary N) is 4. The third kappa shape index (κ3) is 6.85. The minimum atomic E-state index is 0.411. The van der Waals surface area contributed by atoms with Crippen LogP contribution in [0.1, 0.15) is 25.3 Å². The van der Waals surface area contributed by atoms with Gasteiger partial charge in [-0.2, -0.15) is 0 Å². The Bertz CT molecular complexity index is 717. The molecule has 0 fully saturated rings. The second-order valence-electron chi connectivity index (χ2n) is 5.69. The van der Waals surface area contributed by atoms with Crippen molar-refractivity contribution in [3.63, 3.8) is 0 Å². The average molecular weight is 389 g/mol. The standard InChI is InChI=1S/C19H24N4OS2/c1-3-4-5-14-6-8-15(9-7-14)20-18(25)22-23-19(26)21-16-10-12-17(24-2)13-11-16/h6-13H,3-5H2,1-2H3,(H2,20,22,25)(H2,21,23,26). The highest BCUT2D eigenvalue weighted by molar-refractivity contribution is 7.81. The summed E-state index contributed by atoms with van der Waals surface area (Å²) < 4.78 is 5.12. The van der Waals surface area contributed by atoms with E-state index in [4.69, 9.17) is 29.2 Å². The molecule has 0 heterocycles. The summed E-state index contributed by atoms with van der Waals surface area (Å²) >= 11 is 10.5. The van der Waals surface area contributed by atoms with Gasteiger partial charge in [-0.3, -0.25) is 10.9 Å². The van der Waals surface area contributed by atoms with E-state index >= 15 is 0 Å². The minimum Gasteiger partial charge on any atom is -0.497 e. The minimum absolute atomic E-state index is 0.411. The first kappa shape index (κ1) is 19.9. The van der Waals surface area contributed by atoms with Crippen molar-refractivity contribution in [1.82, 2.24) is 10.9 Å². The fraction of sp³-hybridized carbons (Fsp3) is 0.263. The van der Waals surface area contributed by atoms with Crippen LogP contribution >= 0.6 is 24.4 Å². The van der Waals surface area contributed by atoms with Crippen molar-refractivity contribution in [1.29, 1.82) is 0 Å². The van der Waals surface area contributed by atoms with E-state index in [-0.39, 0.29) is 0 Å². The third-order valence-electron chi connectivity index (χ3n) is 3.67. The molecule has 2 aromatic carbocycles. The van der Waals surface area contributed by atoms with Crippen LogP contribution in [0.2, 0.25) is 0 Å². The van der Waals surface area contributed by atoms with Crippen LogP contribution in [0.4, 0.5) is 11.4 Å². The largest absolute Gasteiger partial charge is 0.497 e. The monoisotopic (exact) mass is 388 g/mol. The number of unbranched alkanes of at least 4 members (excludes halogenated alkanes) is 1. The molecule has 138 valence electrons. The summed E-state index contributed by atoms with van der Waals surface area (Å²) in [6.45, 7) is 2.20. The molecule has 0 aliphatic rings. The highest BCUT2D eigenvalue weighted by atomic mass is 32.1. The number of aryl methyl sites for hydroxylation is 1. The van der Waals surface area contributed by atoms with Crippen LogP contribution in [-0.2, 0) is 6.42 Å². The number of benzene rings is 2. The fourth-order valence-corrected chi connectivity index (χ4v) is 2.59. The van der Waals surface area contributed by atoms with E-state index in [9.17, 15) is 0 Å². The maximum absolute atomic E-state index is 5.27. The molecule has 0 aromatic heterocycles. The summed E-state index contributed by atoms with van der Waals surface area (Å²) in [7, 11) is 1.63. The summed E-state index contributed by atoms with van der Waals surface area (Å²) in [5.41, 5.74) is 8.83. The molecule has 4 N–H and O–H groups in total. The lowest BCUT2D eigenvalue weighted by molar-refractivity contribution is 0.415. The molecule has 0 spiro atoms. The van der Waals surface area contributed by atoms with Crippen molar-refractivity contribution in [2.75, 3.05) is 17.7 Å². The number of rotatable bonds is 6. The van der Waals surface area contributed by atoms with Crippen LogP contribution < -0.4 is 26.2 Å². The first-order valence-corrected chi connectivity index (χ1v) is 9.29. The number of hydrogen-bond acceptors (Lipinski definition) is 3. The lowest BCUT2D eigenvalue weighted by Crippen LogP contribution is -2.45. The normalized spacial score (nSPS) is 9.92. The Morgan fingerprint density at radius 1 is 0.846 bits per heavy atom. The topological polar surface area (TPSA) is 57.3 Å². The third-order valence-corrected chi connectivity index (χ3v) is 4.08. The van der Waals surface area contributed by atoms with Gasteiger partial charge in [0.2, 0.25) is 0 Å². The van der Waals surface area contributed by atoms with E-state index in [0.29, 0.717) is 10.2 Å². The van der Waals surface area contributed by atoms with Gasteiger partial charge in [0, 0.05) is 11.4 Å². The number of methoxy groups -OCH3 is 1. The number of thiocarbonyl (C=S) groups is 2. The average Bonchev–Trinajstić information content (AvgIpc) is 2.66. The van der Waals surface area contributed by atoms with Gasteiger partial charge in [-0.15, -0.1) is 0 Å². The molecule has 0 bridgehead atoms. The zero-order valence-corrected chi connectivity index (χ0v) is 16.6. The molecule has 0 aliphatic heterocycles. The van der Waals surface area contributed by atoms with E-state index < -0.39 is 0 Å². The Morgan fingerprint density at radius 3 is 1.81 bits per heavy atom. The van der Waals surface area contributed by atoms with Crippen molar-refractivity contribution in [3.05, 3.63) is 54.1 Å². The Hall–Kier alpha value is -2.38. The lowest BCUT2D eigenvalue weighted by atomic mass is 10.1. The molecule has 0 atom stereocenters. The smallest absolute Gasteiger partial charge is 0.189 e. The van der Waals surface area contributed by atoms with Crippen LogP contribution in [0.25, 0.3) is 0 Å². The number of hydrogen-bond donors (Lipinski definition) is 4. The van der Waals surface area contributed by atoms with Crippen LogP contribution in [0.15, 0.2) is 48.5 Å². The molecule has 2 aromatic rings. The maximum Gasteiger partial charge on any atom is 0.189 e. The maximum atomic E-state index is 5.27. The van der Waals surface area contributed by atoms with Gasteiger partial charge in [0.25, 0.3) is 0 Å². The second kappa shape index (κ2) is 10.6. The zero-order chi connectivity index (χ0) is 18.8. The summed E-state index contributed by atoms with van der Waals surface area (Å²) in [5.74, 6) is 0.790. The van der Waals surface area contributed by atoms with E-state index in [1.807, 2.05) is 36.4 Å². The Morgan fingerprint density at radius 2 is 1.35 bits per heavy atom. The fourth-order valence-electron chi connectivity index (χ4n) is 2.25. The molecule has 0 saturated carbocycles.